The van der Waals surface area contributed by atoms with Crippen molar-refractivity contribution in [1.29, 1.82) is 0 Å². The van der Waals surface area contributed by atoms with E-state index in [-0.39, 0.29) is 5.91 Å². The Hall–Kier alpha value is -2.27. The summed E-state index contributed by atoms with van der Waals surface area (Å²) in [7, 11) is 3.51. The van der Waals surface area contributed by atoms with Gasteiger partial charge in [-0.25, -0.2) is 0 Å². The fourth-order valence-electron chi connectivity index (χ4n) is 2.99. The lowest BCUT2D eigenvalue weighted by Gasteiger charge is -2.25. The zero-order valence-corrected chi connectivity index (χ0v) is 15.2. The molecule has 0 spiro atoms. The number of carbonyl (C=O) groups excluding carboxylic acids is 1. The standard InChI is InChI=1S/C20H26N2O3/c1-15-8-11-18(25-15)13-21(2)20(23)14-22(17-9-10-17)12-16-6-4-5-7-19(16)24-3/h4-8,11,17H,9-10,12-14H2,1-3H3. The van der Waals surface area contributed by atoms with Gasteiger partial charge in [-0.15, -0.1) is 0 Å². The molecular formula is C20H26N2O3. The molecule has 0 radical (unpaired) electrons. The molecule has 1 aliphatic rings. The Balaban J connectivity index is 1.62. The van der Waals surface area contributed by atoms with E-state index in [1.807, 2.05) is 44.3 Å². The number of amides is 1. The van der Waals surface area contributed by atoms with Crippen LogP contribution in [0.5, 0.6) is 5.75 Å². The minimum atomic E-state index is 0.107. The fraction of sp³-hybridized carbons (Fsp3) is 0.450. The van der Waals surface area contributed by atoms with Crippen LogP contribution in [0.15, 0.2) is 40.8 Å². The molecule has 0 saturated heterocycles. The van der Waals surface area contributed by atoms with Gasteiger partial charge in [-0.3, -0.25) is 9.69 Å². The van der Waals surface area contributed by atoms with Crippen LogP contribution in [-0.2, 0) is 17.9 Å². The van der Waals surface area contributed by atoms with Crippen LogP contribution in [0.25, 0.3) is 0 Å². The Bertz CT molecular complexity index is 721. The summed E-state index contributed by atoms with van der Waals surface area (Å²) < 4.78 is 11.0. The predicted octanol–water partition coefficient (Wildman–Crippen LogP) is 3.22. The summed E-state index contributed by atoms with van der Waals surface area (Å²) in [4.78, 5) is 16.6. The molecule has 1 amide bonds. The minimum Gasteiger partial charge on any atom is -0.496 e. The van der Waals surface area contributed by atoms with Gasteiger partial charge in [-0.1, -0.05) is 18.2 Å². The van der Waals surface area contributed by atoms with Gasteiger partial charge in [0.1, 0.15) is 17.3 Å². The number of methoxy groups -OCH3 is 1. The van der Waals surface area contributed by atoms with Gasteiger partial charge in [0.25, 0.3) is 0 Å². The maximum absolute atomic E-state index is 12.7. The number of rotatable bonds is 8. The summed E-state index contributed by atoms with van der Waals surface area (Å²) in [5.74, 6) is 2.67. The molecule has 134 valence electrons. The molecule has 0 atom stereocenters. The van der Waals surface area contributed by atoms with Crippen molar-refractivity contribution in [3.8, 4) is 5.75 Å². The molecule has 2 aromatic rings. The first-order valence-electron chi connectivity index (χ1n) is 8.72. The third kappa shape index (κ3) is 4.63. The molecule has 0 aliphatic heterocycles. The number of aryl methyl sites for hydroxylation is 1. The second kappa shape index (κ2) is 7.74. The molecule has 1 heterocycles. The molecule has 5 nitrogen and oxygen atoms in total. The molecule has 0 bridgehead atoms. The zero-order valence-electron chi connectivity index (χ0n) is 15.2. The lowest BCUT2D eigenvalue weighted by atomic mass is 10.2. The number of nitrogens with zero attached hydrogens (tertiary/aromatic N) is 2. The van der Waals surface area contributed by atoms with Gasteiger partial charge in [-0.2, -0.15) is 0 Å². The first-order valence-corrected chi connectivity index (χ1v) is 8.72. The number of benzene rings is 1. The maximum Gasteiger partial charge on any atom is 0.236 e. The number of hydrogen-bond donors (Lipinski definition) is 0. The third-order valence-corrected chi connectivity index (χ3v) is 4.58. The Labute approximate surface area is 149 Å². The number of hydrogen-bond acceptors (Lipinski definition) is 4. The van der Waals surface area contributed by atoms with Crippen molar-refractivity contribution >= 4 is 5.91 Å². The van der Waals surface area contributed by atoms with Gasteiger partial charge >= 0.3 is 0 Å². The molecule has 1 fully saturated rings. The summed E-state index contributed by atoms with van der Waals surface area (Å²) in [5, 5.41) is 0. The van der Waals surface area contributed by atoms with E-state index in [0.717, 1.165) is 42.2 Å². The van der Waals surface area contributed by atoms with Crippen molar-refractivity contribution in [2.75, 3.05) is 20.7 Å². The van der Waals surface area contributed by atoms with E-state index < -0.39 is 0 Å². The van der Waals surface area contributed by atoms with Crippen molar-refractivity contribution in [1.82, 2.24) is 9.80 Å². The molecule has 1 aromatic heterocycles. The zero-order chi connectivity index (χ0) is 17.8. The Kier molecular flexibility index (Phi) is 5.43. The van der Waals surface area contributed by atoms with Crippen LogP contribution in [-0.4, -0.2) is 42.5 Å². The van der Waals surface area contributed by atoms with Gasteiger partial charge in [0.05, 0.1) is 20.2 Å². The first kappa shape index (κ1) is 17.5. The van der Waals surface area contributed by atoms with Crippen LogP contribution in [0.1, 0.15) is 29.9 Å². The van der Waals surface area contributed by atoms with Crippen molar-refractivity contribution in [3.63, 3.8) is 0 Å². The number of furan rings is 1. The summed E-state index contributed by atoms with van der Waals surface area (Å²) in [5.41, 5.74) is 1.12. The van der Waals surface area contributed by atoms with E-state index in [4.69, 9.17) is 9.15 Å². The first-order chi connectivity index (χ1) is 12.1. The van der Waals surface area contributed by atoms with E-state index >= 15 is 0 Å². The number of ether oxygens (including phenoxy) is 1. The van der Waals surface area contributed by atoms with E-state index in [1.165, 1.54) is 0 Å². The number of carbonyl (C=O) groups is 1. The molecule has 1 aliphatic carbocycles. The van der Waals surface area contributed by atoms with Gasteiger partial charge in [0, 0.05) is 25.2 Å². The molecule has 0 unspecified atom stereocenters. The molecular weight excluding hydrogens is 316 g/mol. The largest absolute Gasteiger partial charge is 0.496 e. The highest BCUT2D eigenvalue weighted by atomic mass is 16.5. The van der Waals surface area contributed by atoms with E-state index in [0.29, 0.717) is 19.1 Å². The topological polar surface area (TPSA) is 45.9 Å². The van der Waals surface area contributed by atoms with Crippen molar-refractivity contribution in [3.05, 3.63) is 53.5 Å². The highest BCUT2D eigenvalue weighted by Gasteiger charge is 2.31. The van der Waals surface area contributed by atoms with Crippen LogP contribution in [0, 0.1) is 6.92 Å². The van der Waals surface area contributed by atoms with Crippen LogP contribution in [0.3, 0.4) is 0 Å². The summed E-state index contributed by atoms with van der Waals surface area (Å²) in [6, 6.07) is 12.3. The second-order valence-electron chi connectivity index (χ2n) is 6.71. The minimum absolute atomic E-state index is 0.107. The van der Waals surface area contributed by atoms with Crippen molar-refractivity contribution in [2.24, 2.45) is 0 Å². The van der Waals surface area contributed by atoms with E-state index in [9.17, 15) is 4.79 Å². The Morgan fingerprint density at radius 2 is 1.96 bits per heavy atom. The van der Waals surface area contributed by atoms with E-state index in [1.54, 1.807) is 12.0 Å². The molecule has 3 rings (SSSR count). The molecule has 0 N–H and O–H groups in total. The smallest absolute Gasteiger partial charge is 0.236 e. The summed E-state index contributed by atoms with van der Waals surface area (Å²) in [6.07, 6.45) is 2.31. The highest BCUT2D eigenvalue weighted by molar-refractivity contribution is 5.78. The number of likely N-dealkylation sites (N-methyl/N-ethyl adjacent to an activating group) is 1. The monoisotopic (exact) mass is 342 g/mol. The van der Waals surface area contributed by atoms with Gasteiger partial charge in [-0.05, 0) is 38.0 Å². The summed E-state index contributed by atoms with van der Waals surface area (Å²) in [6.45, 7) is 3.56. The normalized spacial score (nSPS) is 13.9. The van der Waals surface area contributed by atoms with Crippen molar-refractivity contribution in [2.45, 2.75) is 38.9 Å². The van der Waals surface area contributed by atoms with E-state index in [2.05, 4.69) is 11.0 Å². The maximum atomic E-state index is 12.7. The number of para-hydroxylation sites is 1. The van der Waals surface area contributed by atoms with Gasteiger partial charge in [0.2, 0.25) is 5.91 Å². The fourth-order valence-corrected chi connectivity index (χ4v) is 2.99. The lowest BCUT2D eigenvalue weighted by Crippen LogP contribution is -2.38. The Morgan fingerprint density at radius 3 is 2.60 bits per heavy atom. The molecule has 1 saturated carbocycles. The second-order valence-corrected chi connectivity index (χ2v) is 6.71. The highest BCUT2D eigenvalue weighted by Crippen LogP contribution is 2.30. The predicted molar refractivity (Wildman–Crippen MR) is 96.3 cm³/mol. The average molecular weight is 342 g/mol. The molecule has 25 heavy (non-hydrogen) atoms. The van der Waals surface area contributed by atoms with Crippen LogP contribution >= 0.6 is 0 Å². The Morgan fingerprint density at radius 1 is 1.20 bits per heavy atom. The third-order valence-electron chi connectivity index (χ3n) is 4.58. The SMILES string of the molecule is COc1ccccc1CN(CC(=O)N(C)Cc1ccc(C)o1)C1CC1. The molecule has 1 aromatic carbocycles. The average Bonchev–Trinajstić information content (AvgIpc) is 3.37. The van der Waals surface area contributed by atoms with Crippen LogP contribution in [0.4, 0.5) is 0 Å². The van der Waals surface area contributed by atoms with Crippen molar-refractivity contribution < 1.29 is 13.9 Å². The molecule has 5 heteroatoms. The van der Waals surface area contributed by atoms with Crippen LogP contribution in [0.2, 0.25) is 0 Å². The van der Waals surface area contributed by atoms with Crippen LogP contribution < -0.4 is 4.74 Å². The summed E-state index contributed by atoms with van der Waals surface area (Å²) >= 11 is 0. The lowest BCUT2D eigenvalue weighted by molar-refractivity contribution is -0.132. The van der Waals surface area contributed by atoms with Gasteiger partial charge in [0.15, 0.2) is 0 Å². The van der Waals surface area contributed by atoms with Gasteiger partial charge < -0.3 is 14.1 Å². The quantitative estimate of drug-likeness (QED) is 0.739.